The van der Waals surface area contributed by atoms with Crippen LogP contribution in [0.3, 0.4) is 0 Å². The van der Waals surface area contributed by atoms with Crippen molar-refractivity contribution in [3.63, 3.8) is 0 Å². The summed E-state index contributed by atoms with van der Waals surface area (Å²) in [5, 5.41) is 0. The molecular weight excluding hydrogens is 662 g/mol. The van der Waals surface area contributed by atoms with Crippen LogP contribution in [0.1, 0.15) is 37.3 Å². The molecule has 0 fully saturated rings. The Morgan fingerprint density at radius 2 is 1.14 bits per heavy atom. The Kier molecular flexibility index (Phi) is 10.5. The molecule has 0 spiro atoms. The van der Waals surface area contributed by atoms with E-state index >= 15 is 8.78 Å². The standard InChI is InChI=1S/C38H26F10O/c1-2-3-4-5-21-6-8-22(9-7-21)23-14-32(42)36(33(43)15-23)25-18-29(39)28(30(40)19-25)12-13-38(47,48)49-26-10-11-27(31(41)20-26)24-16-34(44)37(46)35(45)17-24/h6-20H,2-5H2,1H3. The number of ether oxygens (including phenoxy) is 1. The Morgan fingerprint density at radius 1 is 0.571 bits per heavy atom. The molecule has 0 aliphatic heterocycles. The summed E-state index contributed by atoms with van der Waals surface area (Å²) in [5.74, 6) is -12.0. The van der Waals surface area contributed by atoms with E-state index in [1.165, 1.54) is 0 Å². The van der Waals surface area contributed by atoms with Gasteiger partial charge in [0.05, 0.1) is 5.56 Å². The van der Waals surface area contributed by atoms with Gasteiger partial charge in [-0.1, -0.05) is 44.0 Å². The predicted molar refractivity (Wildman–Crippen MR) is 167 cm³/mol. The first-order valence-corrected chi connectivity index (χ1v) is 15.0. The van der Waals surface area contributed by atoms with E-state index < -0.39 is 86.2 Å². The highest BCUT2D eigenvalue weighted by atomic mass is 19.3. The van der Waals surface area contributed by atoms with Crippen molar-refractivity contribution < 1.29 is 48.6 Å². The molecule has 0 aliphatic rings. The van der Waals surface area contributed by atoms with Crippen LogP contribution < -0.4 is 4.74 Å². The number of hydrogen-bond acceptors (Lipinski definition) is 1. The lowest BCUT2D eigenvalue weighted by Crippen LogP contribution is -2.21. The van der Waals surface area contributed by atoms with Crippen molar-refractivity contribution in [2.45, 2.75) is 38.7 Å². The van der Waals surface area contributed by atoms with Crippen LogP contribution in [0.25, 0.3) is 39.5 Å². The molecular formula is C38H26F10O. The highest BCUT2D eigenvalue weighted by Crippen LogP contribution is 2.35. The predicted octanol–water partition coefficient (Wildman–Crippen LogP) is 12.2. The number of halogens is 10. The lowest BCUT2D eigenvalue weighted by Gasteiger charge is -2.15. The van der Waals surface area contributed by atoms with Gasteiger partial charge in [-0.05, 0) is 95.3 Å². The van der Waals surface area contributed by atoms with Crippen molar-refractivity contribution in [3.05, 3.63) is 143 Å². The van der Waals surface area contributed by atoms with Crippen LogP contribution in [0, 0.1) is 46.5 Å². The zero-order chi connectivity index (χ0) is 35.5. The third-order valence-electron chi connectivity index (χ3n) is 7.70. The minimum atomic E-state index is -4.26. The zero-order valence-corrected chi connectivity index (χ0v) is 25.7. The molecule has 0 saturated heterocycles. The van der Waals surface area contributed by atoms with E-state index in [0.717, 1.165) is 55.5 Å². The molecule has 0 saturated carbocycles. The number of aryl methyl sites for hydroxylation is 1. The highest BCUT2D eigenvalue weighted by Gasteiger charge is 2.29. The molecule has 0 amide bonds. The topological polar surface area (TPSA) is 9.23 Å². The van der Waals surface area contributed by atoms with E-state index in [2.05, 4.69) is 11.7 Å². The van der Waals surface area contributed by atoms with Crippen LogP contribution in [-0.2, 0) is 6.42 Å². The Bertz CT molecular complexity index is 1950. The second kappa shape index (κ2) is 14.6. The van der Waals surface area contributed by atoms with Gasteiger partial charge in [-0.15, -0.1) is 0 Å². The molecule has 0 heterocycles. The lowest BCUT2D eigenvalue weighted by atomic mass is 9.96. The fourth-order valence-electron chi connectivity index (χ4n) is 5.22. The summed E-state index contributed by atoms with van der Waals surface area (Å²) in [5.41, 5.74) is -1.29. The molecule has 0 radical (unpaired) electrons. The van der Waals surface area contributed by atoms with Gasteiger partial charge in [0, 0.05) is 23.3 Å². The third kappa shape index (κ3) is 8.16. The van der Waals surface area contributed by atoms with Crippen LogP contribution >= 0.6 is 0 Å². The first-order valence-electron chi connectivity index (χ1n) is 15.0. The van der Waals surface area contributed by atoms with Crippen LogP contribution in [0.2, 0.25) is 0 Å². The molecule has 5 rings (SSSR count). The Labute approximate surface area is 275 Å². The van der Waals surface area contributed by atoms with E-state index in [9.17, 15) is 35.1 Å². The smallest absolute Gasteiger partial charge is 0.419 e. The molecule has 0 aliphatic carbocycles. The van der Waals surface area contributed by atoms with Crippen molar-refractivity contribution in [3.8, 4) is 39.1 Å². The molecule has 0 atom stereocenters. The van der Waals surface area contributed by atoms with Crippen molar-refractivity contribution in [1.29, 1.82) is 0 Å². The van der Waals surface area contributed by atoms with E-state index in [4.69, 9.17) is 0 Å². The van der Waals surface area contributed by atoms with Gasteiger partial charge in [-0.2, -0.15) is 8.78 Å². The number of rotatable bonds is 11. The molecule has 1 nitrogen and oxygen atoms in total. The maximum absolute atomic E-state index is 15.2. The van der Waals surface area contributed by atoms with E-state index in [0.29, 0.717) is 42.0 Å². The van der Waals surface area contributed by atoms with Gasteiger partial charge >= 0.3 is 6.11 Å². The molecule has 0 bridgehead atoms. The van der Waals surface area contributed by atoms with E-state index in [1.54, 1.807) is 12.1 Å². The maximum atomic E-state index is 15.2. The summed E-state index contributed by atoms with van der Waals surface area (Å²) in [6.45, 7) is 2.09. The monoisotopic (exact) mass is 688 g/mol. The summed E-state index contributed by atoms with van der Waals surface area (Å²) >= 11 is 0. The van der Waals surface area contributed by atoms with Gasteiger partial charge < -0.3 is 4.74 Å². The zero-order valence-electron chi connectivity index (χ0n) is 25.7. The van der Waals surface area contributed by atoms with E-state index in [-0.39, 0.29) is 11.6 Å². The number of hydrogen-bond donors (Lipinski definition) is 0. The second-order valence-electron chi connectivity index (χ2n) is 11.2. The summed E-state index contributed by atoms with van der Waals surface area (Å²) < 4.78 is 149. The van der Waals surface area contributed by atoms with Crippen LogP contribution in [0.5, 0.6) is 5.75 Å². The molecule has 5 aromatic rings. The third-order valence-corrected chi connectivity index (χ3v) is 7.70. The number of benzene rings is 5. The summed E-state index contributed by atoms with van der Waals surface area (Å²) in [6, 6.07) is 13.5. The fourth-order valence-corrected chi connectivity index (χ4v) is 5.22. The van der Waals surface area contributed by atoms with Crippen molar-refractivity contribution in [1.82, 2.24) is 0 Å². The van der Waals surface area contributed by atoms with Crippen LogP contribution in [0.4, 0.5) is 43.9 Å². The average molecular weight is 689 g/mol. The molecule has 0 unspecified atom stereocenters. The highest BCUT2D eigenvalue weighted by molar-refractivity contribution is 5.73. The van der Waals surface area contributed by atoms with Crippen molar-refractivity contribution in [2.75, 3.05) is 0 Å². The normalized spacial score (nSPS) is 11.8. The minimum absolute atomic E-state index is 0.0320. The Balaban J connectivity index is 1.33. The van der Waals surface area contributed by atoms with Gasteiger partial charge in [0.15, 0.2) is 17.5 Å². The van der Waals surface area contributed by atoms with Gasteiger partial charge in [0.25, 0.3) is 0 Å². The summed E-state index contributed by atoms with van der Waals surface area (Å²) in [6.07, 6.45) is 0.0704. The summed E-state index contributed by atoms with van der Waals surface area (Å²) in [4.78, 5) is 0. The van der Waals surface area contributed by atoms with Crippen molar-refractivity contribution >= 4 is 6.08 Å². The van der Waals surface area contributed by atoms with Crippen LogP contribution in [0.15, 0.2) is 84.9 Å². The second-order valence-corrected chi connectivity index (χ2v) is 11.2. The molecule has 49 heavy (non-hydrogen) atoms. The van der Waals surface area contributed by atoms with Gasteiger partial charge in [0.2, 0.25) is 0 Å². The molecule has 254 valence electrons. The van der Waals surface area contributed by atoms with Crippen molar-refractivity contribution in [2.24, 2.45) is 0 Å². The quantitative estimate of drug-likeness (QED) is 0.0763. The SMILES string of the molecule is CCCCCc1ccc(-c2cc(F)c(-c3cc(F)c(C=CC(F)(F)Oc4ccc(-c5cc(F)c(F)c(F)c5)c(F)c4)c(F)c3)c(F)c2)cc1. The lowest BCUT2D eigenvalue weighted by molar-refractivity contribution is -0.131. The molecule has 5 aromatic carbocycles. The fraction of sp³-hybridized carbons (Fsp3) is 0.158. The van der Waals surface area contributed by atoms with Gasteiger partial charge in [-0.25, -0.2) is 35.1 Å². The summed E-state index contributed by atoms with van der Waals surface area (Å²) in [7, 11) is 0. The molecule has 0 aromatic heterocycles. The molecule has 0 N–H and O–H groups in total. The van der Waals surface area contributed by atoms with E-state index in [1.807, 2.05) is 12.1 Å². The Hall–Kier alpha value is -5.06. The average Bonchev–Trinajstić information content (AvgIpc) is 3.03. The number of alkyl halides is 2. The first kappa shape index (κ1) is 35.3. The van der Waals surface area contributed by atoms with Crippen LogP contribution in [-0.4, -0.2) is 6.11 Å². The largest absolute Gasteiger partial charge is 0.429 e. The maximum Gasteiger partial charge on any atom is 0.419 e. The number of unbranched alkanes of at least 4 members (excludes halogenated alkanes) is 2. The van der Waals surface area contributed by atoms with Gasteiger partial charge in [-0.3, -0.25) is 0 Å². The first-order chi connectivity index (χ1) is 23.3. The van der Waals surface area contributed by atoms with Gasteiger partial charge in [0.1, 0.15) is 34.8 Å². The Morgan fingerprint density at radius 3 is 1.71 bits per heavy atom. The minimum Gasteiger partial charge on any atom is -0.429 e. The molecule has 11 heteroatoms.